The van der Waals surface area contributed by atoms with Crippen molar-refractivity contribution >= 4 is 44.3 Å². The first kappa shape index (κ1) is 33.5. The van der Waals surface area contributed by atoms with Gasteiger partial charge in [-0.2, -0.15) is 18.2 Å². The number of carbonyl (C=O) groups is 1. The molecule has 10 nitrogen and oxygen atoms in total. The minimum absolute atomic E-state index is 0.313. The van der Waals surface area contributed by atoms with E-state index >= 15 is 0 Å². The Labute approximate surface area is 259 Å². The Morgan fingerprint density at radius 1 is 0.911 bits per heavy atom. The number of hydrogen-bond donors (Lipinski definition) is 4. The molecule has 0 saturated heterocycles. The van der Waals surface area contributed by atoms with Gasteiger partial charge in [0.05, 0.1) is 17.5 Å². The summed E-state index contributed by atoms with van der Waals surface area (Å²) in [7, 11) is -1.81. The molecule has 0 amide bonds. The number of anilines is 3. The average molecular weight is 646 g/mol. The van der Waals surface area contributed by atoms with E-state index in [4.69, 9.17) is 24.6 Å². The Hall–Kier alpha value is -4.43. The molecule has 240 valence electrons. The van der Waals surface area contributed by atoms with E-state index in [-0.39, 0.29) is 0 Å². The van der Waals surface area contributed by atoms with Crippen LogP contribution in [0.5, 0.6) is 5.75 Å². The van der Waals surface area contributed by atoms with E-state index < -0.39 is 22.2 Å². The van der Waals surface area contributed by atoms with Crippen LogP contribution < -0.4 is 20.1 Å². The molecular weight excluding hydrogens is 611 g/mol. The molecule has 1 saturated carbocycles. The fraction of sp³-hybridized carbons (Fsp3) is 0.323. The fourth-order valence-electron chi connectivity index (χ4n) is 4.87. The Kier molecular flexibility index (Phi) is 11.2. The molecule has 1 aliphatic rings. The second-order valence-corrected chi connectivity index (χ2v) is 12.3. The molecule has 4 aromatic rings. The van der Waals surface area contributed by atoms with E-state index in [0.717, 1.165) is 60.4 Å². The minimum Gasteiger partial charge on any atom is -0.497 e. The number of sulfonamides is 1. The molecule has 0 radical (unpaired) electrons. The normalized spacial score (nSPS) is 16.7. The molecule has 0 spiro atoms. The topological polar surface area (TPSA) is 143 Å². The lowest BCUT2D eigenvalue weighted by Crippen LogP contribution is -2.32. The number of nitrogens with zero attached hydrogens (tertiary/aromatic N) is 2. The van der Waals surface area contributed by atoms with Crippen LogP contribution in [-0.2, 0) is 14.8 Å². The fourth-order valence-corrected chi connectivity index (χ4v) is 6.01. The van der Waals surface area contributed by atoms with Gasteiger partial charge in [-0.3, -0.25) is 0 Å². The summed E-state index contributed by atoms with van der Waals surface area (Å²) in [6.07, 6.45) is -1.03. The maximum atomic E-state index is 12.5. The molecule has 0 bridgehead atoms. The van der Waals surface area contributed by atoms with Crippen LogP contribution in [0.25, 0.3) is 10.9 Å². The number of carboxylic acids is 1. The monoisotopic (exact) mass is 645 g/mol. The van der Waals surface area contributed by atoms with Gasteiger partial charge >= 0.3 is 12.1 Å². The average Bonchev–Trinajstić information content (AvgIpc) is 3.04. The summed E-state index contributed by atoms with van der Waals surface area (Å²) < 4.78 is 64.9. The lowest BCUT2D eigenvalue weighted by Gasteiger charge is -2.28. The largest absolute Gasteiger partial charge is 0.497 e. The third kappa shape index (κ3) is 9.78. The molecule has 1 heterocycles. The summed E-state index contributed by atoms with van der Waals surface area (Å²) >= 11 is 0. The number of rotatable bonds is 10. The number of halogens is 3. The number of aromatic nitrogens is 2. The van der Waals surface area contributed by atoms with Crippen molar-refractivity contribution in [3.8, 4) is 5.75 Å². The van der Waals surface area contributed by atoms with Crippen LogP contribution in [-0.4, -0.2) is 55.8 Å². The number of benzene rings is 3. The second kappa shape index (κ2) is 15.0. The number of nitrogens with one attached hydrogen (secondary N) is 3. The van der Waals surface area contributed by atoms with Gasteiger partial charge in [0.15, 0.2) is 0 Å². The molecule has 3 aromatic carbocycles. The summed E-state index contributed by atoms with van der Waals surface area (Å²) in [5.74, 6) is 0.178. The van der Waals surface area contributed by atoms with Gasteiger partial charge in [-0.05, 0) is 73.9 Å². The van der Waals surface area contributed by atoms with Gasteiger partial charge in [-0.25, -0.2) is 22.9 Å². The van der Waals surface area contributed by atoms with Crippen LogP contribution >= 0.6 is 0 Å². The molecule has 0 unspecified atom stereocenters. The first-order valence-electron chi connectivity index (χ1n) is 14.2. The van der Waals surface area contributed by atoms with Gasteiger partial charge in [0.1, 0.15) is 11.6 Å². The number of carboxylic acid groups (broad SMARTS) is 1. The van der Waals surface area contributed by atoms with Crippen LogP contribution in [0.15, 0.2) is 83.8 Å². The summed E-state index contributed by atoms with van der Waals surface area (Å²) in [5.41, 5.74) is 1.75. The predicted octanol–water partition coefficient (Wildman–Crippen LogP) is 6.21. The van der Waals surface area contributed by atoms with E-state index in [1.165, 1.54) is 0 Å². The highest BCUT2D eigenvalue weighted by atomic mass is 32.2. The molecule has 4 N–H and O–H groups in total. The Balaban J connectivity index is 0.000000591. The van der Waals surface area contributed by atoms with Crippen molar-refractivity contribution in [3.05, 3.63) is 78.9 Å². The molecule has 5 rings (SSSR count). The van der Waals surface area contributed by atoms with E-state index in [2.05, 4.69) is 15.4 Å². The van der Waals surface area contributed by atoms with Crippen molar-refractivity contribution < 1.29 is 36.2 Å². The summed E-state index contributed by atoms with van der Waals surface area (Å²) in [4.78, 5) is 18.7. The molecule has 0 atom stereocenters. The van der Waals surface area contributed by atoms with Gasteiger partial charge in [0.25, 0.3) is 0 Å². The Morgan fingerprint density at radius 3 is 2.18 bits per heavy atom. The maximum absolute atomic E-state index is 12.5. The predicted molar refractivity (Wildman–Crippen MR) is 165 cm³/mol. The van der Waals surface area contributed by atoms with Crippen LogP contribution in [0.4, 0.5) is 30.6 Å². The summed E-state index contributed by atoms with van der Waals surface area (Å²) in [6.45, 7) is 1.25. The molecule has 14 heteroatoms. The third-order valence-electron chi connectivity index (χ3n) is 7.31. The van der Waals surface area contributed by atoms with E-state index in [1.807, 2.05) is 54.6 Å². The number of hydrogen-bond acceptors (Lipinski definition) is 8. The quantitative estimate of drug-likeness (QED) is 0.158. The van der Waals surface area contributed by atoms with Gasteiger partial charge in [0.2, 0.25) is 16.0 Å². The molecule has 45 heavy (non-hydrogen) atoms. The van der Waals surface area contributed by atoms with Crippen LogP contribution in [0.3, 0.4) is 0 Å². The zero-order valence-electron chi connectivity index (χ0n) is 24.4. The zero-order chi connectivity index (χ0) is 32.5. The highest BCUT2D eigenvalue weighted by Crippen LogP contribution is 2.30. The lowest BCUT2D eigenvalue weighted by atomic mass is 9.82. The van der Waals surface area contributed by atoms with Crippen LogP contribution in [0.1, 0.15) is 25.7 Å². The number of fused-ring (bicyclic) bond motifs is 1. The maximum Gasteiger partial charge on any atom is 0.490 e. The third-order valence-corrected chi connectivity index (χ3v) is 8.75. The SMILES string of the molecule is COc1cccc(Nc2nc(NCC3CCC(CNS(=O)(=O)c4ccccc4)CC3)nc3ccccc23)c1.O=C(O)C(F)(F)F. The number of methoxy groups -OCH3 is 1. The number of alkyl halides is 3. The smallest absolute Gasteiger partial charge is 0.490 e. The van der Waals surface area contributed by atoms with Crippen molar-refractivity contribution in [1.29, 1.82) is 0 Å². The lowest BCUT2D eigenvalue weighted by molar-refractivity contribution is -0.192. The van der Waals surface area contributed by atoms with Crippen molar-refractivity contribution in [1.82, 2.24) is 14.7 Å². The van der Waals surface area contributed by atoms with Gasteiger partial charge < -0.3 is 20.5 Å². The Morgan fingerprint density at radius 2 is 1.53 bits per heavy atom. The highest BCUT2D eigenvalue weighted by molar-refractivity contribution is 7.89. The summed E-state index contributed by atoms with van der Waals surface area (Å²) in [6, 6.07) is 24.2. The molecule has 0 aliphatic heterocycles. The minimum atomic E-state index is -5.08. The van der Waals surface area contributed by atoms with Crippen molar-refractivity contribution in [3.63, 3.8) is 0 Å². The van der Waals surface area contributed by atoms with E-state index in [9.17, 15) is 21.6 Å². The highest BCUT2D eigenvalue weighted by Gasteiger charge is 2.38. The molecular formula is C31H34F3N5O5S. The Bertz CT molecular complexity index is 1680. The number of ether oxygens (including phenoxy) is 1. The van der Waals surface area contributed by atoms with E-state index in [1.54, 1.807) is 31.4 Å². The van der Waals surface area contributed by atoms with Crippen LogP contribution in [0.2, 0.25) is 0 Å². The van der Waals surface area contributed by atoms with Gasteiger partial charge in [0, 0.05) is 30.2 Å². The number of aliphatic carboxylic acids is 1. The second-order valence-electron chi connectivity index (χ2n) is 10.5. The molecule has 1 fully saturated rings. The molecule has 1 aromatic heterocycles. The zero-order valence-corrected chi connectivity index (χ0v) is 25.2. The van der Waals surface area contributed by atoms with Gasteiger partial charge in [-0.15, -0.1) is 0 Å². The molecule has 1 aliphatic carbocycles. The van der Waals surface area contributed by atoms with E-state index in [0.29, 0.717) is 29.2 Å². The van der Waals surface area contributed by atoms with Crippen molar-refractivity contribution in [2.45, 2.75) is 36.8 Å². The van der Waals surface area contributed by atoms with Crippen LogP contribution in [0, 0.1) is 11.8 Å². The standard InChI is InChI=1S/C29H33N5O3S.C2HF3O2/c1-37-24-9-7-8-23(18-24)32-28-26-12-5-6-13-27(26)33-29(34-28)30-19-21-14-16-22(17-15-21)20-31-38(35,36)25-10-3-2-4-11-25;3-2(4,5)1(6)7/h2-13,18,21-22,31H,14-17,19-20H2,1H3,(H2,30,32,33,34);(H,6,7). The first-order chi connectivity index (χ1) is 21.4. The summed E-state index contributed by atoms with van der Waals surface area (Å²) in [5, 5.41) is 14.9. The number of para-hydroxylation sites is 1. The van der Waals surface area contributed by atoms with Crippen molar-refractivity contribution in [2.75, 3.05) is 30.8 Å². The first-order valence-corrected chi connectivity index (χ1v) is 15.7. The van der Waals surface area contributed by atoms with Gasteiger partial charge in [-0.1, -0.05) is 36.4 Å². The van der Waals surface area contributed by atoms with Crippen molar-refractivity contribution in [2.24, 2.45) is 11.8 Å².